The lowest BCUT2D eigenvalue weighted by Gasteiger charge is -2.03. The van der Waals surface area contributed by atoms with E-state index in [1.165, 1.54) is 11.3 Å². The highest BCUT2D eigenvalue weighted by Gasteiger charge is 2.10. The molecular weight excluding hydrogens is 222 g/mol. The summed E-state index contributed by atoms with van der Waals surface area (Å²) in [6.45, 7) is 3.84. The molecule has 0 N–H and O–H groups in total. The van der Waals surface area contributed by atoms with Crippen LogP contribution in [0.2, 0.25) is 0 Å². The minimum atomic E-state index is 0.00868. The predicted octanol–water partition coefficient (Wildman–Crippen LogP) is 2.90. The minimum Gasteiger partial charge on any atom is -0.462 e. The lowest BCUT2D eigenvalue weighted by molar-refractivity contribution is -0.123. The summed E-state index contributed by atoms with van der Waals surface area (Å²) in [4.78, 5) is 15.7. The number of nitrogens with zero attached hydrogens (tertiary/aromatic N) is 1. The molecule has 0 aliphatic heterocycles. The van der Waals surface area contributed by atoms with Gasteiger partial charge in [-0.15, -0.1) is 0 Å². The van der Waals surface area contributed by atoms with Crippen LogP contribution < -0.4 is 4.74 Å². The number of aromatic nitrogens is 1. The smallest absolute Gasteiger partial charge is 0.274 e. The number of thiazole rings is 1. The average Bonchev–Trinajstić information content (AvgIpc) is 2.68. The first-order valence-corrected chi connectivity index (χ1v) is 5.99. The highest BCUT2D eigenvalue weighted by molar-refractivity contribution is 7.20. The molecule has 1 aromatic heterocycles. The molecule has 0 fully saturated rings. The number of hydrogen-bond acceptors (Lipinski definition) is 4. The Labute approximate surface area is 98.1 Å². The normalized spacial score (nSPS) is 10.9. The van der Waals surface area contributed by atoms with E-state index < -0.39 is 0 Å². The zero-order chi connectivity index (χ0) is 11.5. The third-order valence-electron chi connectivity index (χ3n) is 2.26. The third-order valence-corrected chi connectivity index (χ3v) is 3.21. The molecule has 0 radical (unpaired) electrons. The zero-order valence-corrected chi connectivity index (χ0v) is 10.1. The summed E-state index contributed by atoms with van der Waals surface area (Å²) in [6.07, 6.45) is 0. The van der Waals surface area contributed by atoms with Crippen molar-refractivity contribution in [2.24, 2.45) is 5.92 Å². The molecule has 2 rings (SSSR count). The highest BCUT2D eigenvalue weighted by Crippen LogP contribution is 2.27. The summed E-state index contributed by atoms with van der Waals surface area (Å²) in [5, 5.41) is 0.565. The molecule has 0 spiro atoms. The fraction of sp³-hybridized carbons (Fsp3) is 0.333. The number of benzene rings is 1. The summed E-state index contributed by atoms with van der Waals surface area (Å²) in [5.41, 5.74) is 0.916. The first-order valence-electron chi connectivity index (χ1n) is 5.18. The number of Topliss-reactive ketones (excluding diaryl/α,β-unsaturated/α-hetero) is 1. The quantitative estimate of drug-likeness (QED) is 0.818. The molecule has 0 bridgehead atoms. The number of fused-ring (bicyclic) bond motifs is 1. The van der Waals surface area contributed by atoms with Gasteiger partial charge >= 0.3 is 0 Å². The van der Waals surface area contributed by atoms with Crippen molar-refractivity contribution in [1.82, 2.24) is 4.98 Å². The van der Waals surface area contributed by atoms with E-state index >= 15 is 0 Å². The monoisotopic (exact) mass is 235 g/mol. The van der Waals surface area contributed by atoms with E-state index in [0.717, 1.165) is 10.2 Å². The Hall–Kier alpha value is -1.42. The summed E-state index contributed by atoms with van der Waals surface area (Å²) in [6, 6.07) is 7.82. The molecule has 16 heavy (non-hydrogen) atoms. The molecule has 84 valence electrons. The van der Waals surface area contributed by atoms with Gasteiger partial charge in [-0.25, -0.2) is 4.98 Å². The van der Waals surface area contributed by atoms with Crippen molar-refractivity contribution in [3.05, 3.63) is 24.3 Å². The van der Waals surface area contributed by atoms with E-state index in [1.54, 1.807) is 0 Å². The van der Waals surface area contributed by atoms with Crippen molar-refractivity contribution >= 4 is 27.3 Å². The SMILES string of the molecule is CC(C)C(=O)COc1nc2ccccc2s1. The van der Waals surface area contributed by atoms with Crippen LogP contribution in [0.4, 0.5) is 0 Å². The Balaban J connectivity index is 2.07. The molecule has 4 heteroatoms. The van der Waals surface area contributed by atoms with Crippen LogP contribution in [0.1, 0.15) is 13.8 Å². The number of hydrogen-bond donors (Lipinski definition) is 0. The van der Waals surface area contributed by atoms with Crippen LogP contribution in [0.5, 0.6) is 5.19 Å². The number of rotatable bonds is 4. The summed E-state index contributed by atoms with van der Waals surface area (Å²) in [7, 11) is 0. The summed E-state index contributed by atoms with van der Waals surface area (Å²) >= 11 is 1.47. The molecule has 0 atom stereocenters. The number of ether oxygens (including phenoxy) is 1. The van der Waals surface area contributed by atoms with Crippen LogP contribution in [0.15, 0.2) is 24.3 Å². The van der Waals surface area contributed by atoms with Gasteiger partial charge in [-0.3, -0.25) is 4.79 Å². The van der Waals surface area contributed by atoms with Crippen molar-refractivity contribution in [3.63, 3.8) is 0 Å². The van der Waals surface area contributed by atoms with Crippen molar-refractivity contribution in [3.8, 4) is 5.19 Å². The van der Waals surface area contributed by atoms with Crippen LogP contribution in [0.25, 0.3) is 10.2 Å². The molecule has 0 aliphatic rings. The van der Waals surface area contributed by atoms with Crippen LogP contribution in [0, 0.1) is 5.92 Å². The number of carbonyl (C=O) groups is 1. The maximum Gasteiger partial charge on any atom is 0.274 e. The van der Waals surface area contributed by atoms with E-state index in [2.05, 4.69) is 4.98 Å². The van der Waals surface area contributed by atoms with Gasteiger partial charge in [-0.1, -0.05) is 37.3 Å². The van der Waals surface area contributed by atoms with Gasteiger partial charge in [0.25, 0.3) is 5.19 Å². The second-order valence-corrected chi connectivity index (χ2v) is 4.85. The predicted molar refractivity (Wildman–Crippen MR) is 65.0 cm³/mol. The molecule has 3 nitrogen and oxygen atoms in total. The van der Waals surface area contributed by atoms with E-state index in [0.29, 0.717) is 5.19 Å². The number of para-hydroxylation sites is 1. The highest BCUT2D eigenvalue weighted by atomic mass is 32.1. The standard InChI is InChI=1S/C12H13NO2S/c1-8(2)10(14)7-15-12-13-9-5-3-4-6-11(9)16-12/h3-6,8H,7H2,1-2H3. The van der Waals surface area contributed by atoms with Gasteiger partial charge in [0.05, 0.1) is 10.2 Å². The zero-order valence-electron chi connectivity index (χ0n) is 9.27. The topological polar surface area (TPSA) is 39.2 Å². The second kappa shape index (κ2) is 4.61. The maximum atomic E-state index is 11.4. The molecule has 0 aliphatic carbocycles. The van der Waals surface area contributed by atoms with E-state index in [1.807, 2.05) is 38.1 Å². The third kappa shape index (κ3) is 2.39. The van der Waals surface area contributed by atoms with Gasteiger partial charge in [-0.05, 0) is 12.1 Å². The molecule has 2 aromatic rings. The van der Waals surface area contributed by atoms with E-state index in [-0.39, 0.29) is 18.3 Å². The molecular formula is C12H13NO2S. The van der Waals surface area contributed by atoms with E-state index in [4.69, 9.17) is 4.74 Å². The largest absolute Gasteiger partial charge is 0.462 e. The molecule has 0 unspecified atom stereocenters. The van der Waals surface area contributed by atoms with Crippen LogP contribution >= 0.6 is 11.3 Å². The van der Waals surface area contributed by atoms with Crippen molar-refractivity contribution in [2.45, 2.75) is 13.8 Å². The summed E-state index contributed by atoms with van der Waals surface area (Å²) < 4.78 is 6.45. The summed E-state index contributed by atoms with van der Waals surface area (Å²) in [5.74, 6) is 0.105. The molecule has 0 saturated heterocycles. The first-order chi connectivity index (χ1) is 7.66. The molecule has 0 saturated carbocycles. The number of carbonyl (C=O) groups excluding carboxylic acids is 1. The first kappa shape index (κ1) is 11.1. The Morgan fingerprint density at radius 2 is 2.19 bits per heavy atom. The van der Waals surface area contributed by atoms with Crippen LogP contribution in [-0.4, -0.2) is 17.4 Å². The van der Waals surface area contributed by atoms with Gasteiger partial charge < -0.3 is 4.74 Å². The lowest BCUT2D eigenvalue weighted by atomic mass is 10.1. The van der Waals surface area contributed by atoms with Crippen molar-refractivity contribution in [2.75, 3.05) is 6.61 Å². The van der Waals surface area contributed by atoms with Crippen LogP contribution in [0.3, 0.4) is 0 Å². The van der Waals surface area contributed by atoms with Crippen molar-refractivity contribution in [1.29, 1.82) is 0 Å². The van der Waals surface area contributed by atoms with Crippen molar-refractivity contribution < 1.29 is 9.53 Å². The maximum absolute atomic E-state index is 11.4. The van der Waals surface area contributed by atoms with Gasteiger partial charge in [0.15, 0.2) is 5.78 Å². The molecule has 0 amide bonds. The van der Waals surface area contributed by atoms with Crippen LogP contribution in [-0.2, 0) is 4.79 Å². The Bertz CT molecular complexity index is 471. The van der Waals surface area contributed by atoms with Gasteiger partial charge in [0.1, 0.15) is 6.61 Å². The lowest BCUT2D eigenvalue weighted by Crippen LogP contribution is -2.16. The second-order valence-electron chi connectivity index (χ2n) is 3.86. The average molecular weight is 235 g/mol. The van der Waals surface area contributed by atoms with Gasteiger partial charge in [0, 0.05) is 5.92 Å². The fourth-order valence-electron chi connectivity index (χ4n) is 1.21. The minimum absolute atomic E-state index is 0.00868. The Morgan fingerprint density at radius 3 is 2.88 bits per heavy atom. The Morgan fingerprint density at radius 1 is 1.44 bits per heavy atom. The van der Waals surface area contributed by atoms with Gasteiger partial charge in [-0.2, -0.15) is 0 Å². The Kier molecular flexibility index (Phi) is 3.19. The van der Waals surface area contributed by atoms with E-state index in [9.17, 15) is 4.79 Å². The number of ketones is 1. The molecule has 1 aromatic carbocycles. The fourth-order valence-corrected chi connectivity index (χ4v) is 2.03. The molecule has 1 heterocycles. The van der Waals surface area contributed by atoms with Gasteiger partial charge in [0.2, 0.25) is 0 Å².